The Kier molecular flexibility index (Phi) is 2.71. The van der Waals surface area contributed by atoms with E-state index in [4.69, 9.17) is 4.42 Å². The fourth-order valence-electron chi connectivity index (χ4n) is 2.68. The average molecular weight is 276 g/mol. The number of furan rings is 1. The molecule has 21 heavy (non-hydrogen) atoms. The molecule has 1 atom stereocenters. The van der Waals surface area contributed by atoms with Gasteiger partial charge in [0.15, 0.2) is 0 Å². The number of fused-ring (bicyclic) bond motifs is 2. The molecule has 4 aromatic rings. The van der Waals surface area contributed by atoms with Crippen molar-refractivity contribution in [3.63, 3.8) is 0 Å². The van der Waals surface area contributed by atoms with Gasteiger partial charge in [-0.25, -0.2) is 0 Å². The lowest BCUT2D eigenvalue weighted by atomic mass is 10.2. The van der Waals surface area contributed by atoms with E-state index in [0.717, 1.165) is 27.9 Å². The summed E-state index contributed by atoms with van der Waals surface area (Å²) in [5, 5.41) is 5.84. The van der Waals surface area contributed by atoms with Gasteiger partial charge < -0.3 is 14.7 Å². The minimum Gasteiger partial charge on any atom is -0.459 e. The first kappa shape index (κ1) is 12.1. The second-order valence-corrected chi connectivity index (χ2v) is 5.33. The van der Waals surface area contributed by atoms with E-state index in [1.54, 1.807) is 0 Å². The van der Waals surface area contributed by atoms with Gasteiger partial charge in [0.25, 0.3) is 0 Å². The number of para-hydroxylation sites is 1. The van der Waals surface area contributed by atoms with Crippen LogP contribution in [0.25, 0.3) is 21.9 Å². The number of aromatic nitrogens is 1. The molecule has 2 aromatic carbocycles. The van der Waals surface area contributed by atoms with E-state index in [9.17, 15) is 0 Å². The van der Waals surface area contributed by atoms with Crippen LogP contribution in [0.5, 0.6) is 0 Å². The Hall–Kier alpha value is -2.68. The number of benzene rings is 2. The van der Waals surface area contributed by atoms with Crippen LogP contribution in [0.1, 0.15) is 18.7 Å². The van der Waals surface area contributed by atoms with Gasteiger partial charge in [-0.2, -0.15) is 0 Å². The minimum absolute atomic E-state index is 0.119. The predicted octanol–water partition coefficient (Wildman–Crippen LogP) is 5.09. The molecule has 2 N–H and O–H groups in total. The van der Waals surface area contributed by atoms with Crippen molar-refractivity contribution in [1.29, 1.82) is 0 Å². The number of nitrogens with one attached hydrogen (secondary N) is 2. The van der Waals surface area contributed by atoms with E-state index in [1.165, 1.54) is 5.39 Å². The second-order valence-electron chi connectivity index (χ2n) is 5.33. The molecule has 0 saturated heterocycles. The third kappa shape index (κ3) is 2.17. The summed E-state index contributed by atoms with van der Waals surface area (Å²) in [4.78, 5) is 3.20. The van der Waals surface area contributed by atoms with Crippen LogP contribution in [0.2, 0.25) is 0 Å². The maximum Gasteiger partial charge on any atom is 0.134 e. The summed E-state index contributed by atoms with van der Waals surface area (Å²) in [6, 6.07) is 18.7. The Morgan fingerprint density at radius 1 is 1.00 bits per heavy atom. The molecule has 2 heterocycles. The molecule has 0 radical (unpaired) electrons. The second kappa shape index (κ2) is 4.70. The van der Waals surface area contributed by atoms with Gasteiger partial charge in [-0.1, -0.05) is 18.2 Å². The first-order valence-corrected chi connectivity index (χ1v) is 7.12. The number of H-pyrrole nitrogens is 1. The molecule has 1 unspecified atom stereocenters. The van der Waals surface area contributed by atoms with E-state index in [0.29, 0.717) is 0 Å². The van der Waals surface area contributed by atoms with E-state index in [1.807, 2.05) is 24.4 Å². The molecular formula is C18H16N2O. The van der Waals surface area contributed by atoms with E-state index < -0.39 is 0 Å². The number of rotatable bonds is 3. The number of hydrogen-bond donors (Lipinski definition) is 2. The van der Waals surface area contributed by atoms with Crippen molar-refractivity contribution in [3.8, 4) is 0 Å². The average Bonchev–Trinajstić information content (AvgIpc) is 3.13. The minimum atomic E-state index is 0.119. The summed E-state index contributed by atoms with van der Waals surface area (Å²) >= 11 is 0. The summed E-state index contributed by atoms with van der Waals surface area (Å²) in [6.07, 6.45) is 1.96. The van der Waals surface area contributed by atoms with Crippen molar-refractivity contribution in [2.75, 3.05) is 5.32 Å². The quantitative estimate of drug-likeness (QED) is 0.547. The lowest BCUT2D eigenvalue weighted by Crippen LogP contribution is -2.05. The van der Waals surface area contributed by atoms with Gasteiger partial charge in [0.2, 0.25) is 0 Å². The molecule has 0 spiro atoms. The molecule has 0 aliphatic heterocycles. The van der Waals surface area contributed by atoms with Gasteiger partial charge in [-0.15, -0.1) is 0 Å². The highest BCUT2D eigenvalue weighted by Gasteiger charge is 2.11. The summed E-state index contributed by atoms with van der Waals surface area (Å²) in [5.41, 5.74) is 3.18. The standard InChI is InChI=1S/C18H16N2O/c1-12(18-11-14-4-2-3-5-17(14)21-18)20-15-6-7-16-13(10-15)8-9-19-16/h2-12,19-20H,1H3. The first-order chi connectivity index (χ1) is 10.3. The van der Waals surface area contributed by atoms with Crippen LogP contribution in [0.3, 0.4) is 0 Å². The molecule has 104 valence electrons. The van der Waals surface area contributed by atoms with Crippen molar-refractivity contribution >= 4 is 27.6 Å². The zero-order chi connectivity index (χ0) is 14.2. The van der Waals surface area contributed by atoms with Gasteiger partial charge in [0, 0.05) is 28.2 Å². The largest absolute Gasteiger partial charge is 0.459 e. The van der Waals surface area contributed by atoms with Crippen molar-refractivity contribution in [2.45, 2.75) is 13.0 Å². The number of anilines is 1. The molecule has 4 rings (SSSR count). The van der Waals surface area contributed by atoms with Crippen molar-refractivity contribution in [2.24, 2.45) is 0 Å². The van der Waals surface area contributed by atoms with E-state index in [-0.39, 0.29) is 6.04 Å². The molecule has 0 fully saturated rings. The van der Waals surface area contributed by atoms with Crippen LogP contribution in [0.15, 0.2) is 65.2 Å². The Balaban J connectivity index is 1.63. The highest BCUT2D eigenvalue weighted by atomic mass is 16.3. The Morgan fingerprint density at radius 3 is 2.81 bits per heavy atom. The predicted molar refractivity (Wildman–Crippen MR) is 86.6 cm³/mol. The highest BCUT2D eigenvalue weighted by molar-refractivity contribution is 5.83. The van der Waals surface area contributed by atoms with Crippen LogP contribution < -0.4 is 5.32 Å². The first-order valence-electron chi connectivity index (χ1n) is 7.12. The number of aromatic amines is 1. The Morgan fingerprint density at radius 2 is 1.90 bits per heavy atom. The van der Waals surface area contributed by atoms with Gasteiger partial charge in [-0.05, 0) is 43.3 Å². The lowest BCUT2D eigenvalue weighted by molar-refractivity contribution is 0.526. The monoisotopic (exact) mass is 276 g/mol. The molecule has 3 heteroatoms. The summed E-state index contributed by atoms with van der Waals surface area (Å²) in [5.74, 6) is 0.949. The van der Waals surface area contributed by atoms with Gasteiger partial charge in [0.1, 0.15) is 11.3 Å². The van der Waals surface area contributed by atoms with Crippen molar-refractivity contribution < 1.29 is 4.42 Å². The third-order valence-electron chi connectivity index (χ3n) is 3.81. The molecule has 3 nitrogen and oxygen atoms in total. The zero-order valence-corrected chi connectivity index (χ0v) is 11.8. The molecule has 0 aliphatic carbocycles. The summed E-state index contributed by atoms with van der Waals surface area (Å²) < 4.78 is 5.91. The molecular weight excluding hydrogens is 260 g/mol. The SMILES string of the molecule is CC(Nc1ccc2[nH]ccc2c1)c1cc2ccccc2o1. The van der Waals surface area contributed by atoms with Gasteiger partial charge in [0.05, 0.1) is 6.04 Å². The summed E-state index contributed by atoms with van der Waals surface area (Å²) in [6.45, 7) is 2.11. The van der Waals surface area contributed by atoms with Crippen LogP contribution in [-0.2, 0) is 0 Å². The smallest absolute Gasteiger partial charge is 0.134 e. The third-order valence-corrected chi connectivity index (χ3v) is 3.81. The molecule has 0 amide bonds. The van der Waals surface area contributed by atoms with E-state index in [2.05, 4.69) is 53.6 Å². The van der Waals surface area contributed by atoms with Crippen LogP contribution in [0.4, 0.5) is 5.69 Å². The Bertz CT molecular complexity index is 871. The van der Waals surface area contributed by atoms with Crippen molar-refractivity contribution in [3.05, 3.63) is 66.6 Å². The molecule has 2 aromatic heterocycles. The summed E-state index contributed by atoms with van der Waals surface area (Å²) in [7, 11) is 0. The van der Waals surface area contributed by atoms with Gasteiger partial charge in [-0.3, -0.25) is 0 Å². The normalized spacial score (nSPS) is 12.8. The van der Waals surface area contributed by atoms with Crippen LogP contribution in [-0.4, -0.2) is 4.98 Å². The maximum absolute atomic E-state index is 5.91. The topological polar surface area (TPSA) is 41.0 Å². The molecule has 0 bridgehead atoms. The van der Waals surface area contributed by atoms with E-state index >= 15 is 0 Å². The zero-order valence-electron chi connectivity index (χ0n) is 11.8. The molecule has 0 aliphatic rings. The van der Waals surface area contributed by atoms with Crippen molar-refractivity contribution in [1.82, 2.24) is 4.98 Å². The van der Waals surface area contributed by atoms with Gasteiger partial charge >= 0.3 is 0 Å². The lowest BCUT2D eigenvalue weighted by Gasteiger charge is -2.12. The maximum atomic E-state index is 5.91. The van der Waals surface area contributed by atoms with Crippen LogP contribution >= 0.6 is 0 Å². The number of hydrogen-bond acceptors (Lipinski definition) is 2. The van der Waals surface area contributed by atoms with Crippen LogP contribution in [0, 0.1) is 0 Å². The fourth-order valence-corrected chi connectivity index (χ4v) is 2.68. The highest BCUT2D eigenvalue weighted by Crippen LogP contribution is 2.27. The molecule has 0 saturated carbocycles. The Labute approximate surface area is 122 Å². The fraction of sp³-hybridized carbons (Fsp3) is 0.111.